The van der Waals surface area contributed by atoms with E-state index in [1.54, 1.807) is 10.7 Å². The SMILES string of the molecule is CN1C(=O)CCCCC1CN1CCN(CCn2nc3c(cc2=O)CSCC3)CC1. The molecule has 1 atom stereocenters. The van der Waals surface area contributed by atoms with E-state index < -0.39 is 0 Å². The predicted molar refractivity (Wildman–Crippen MR) is 116 cm³/mol. The Bertz CT molecular complexity index is 775. The van der Waals surface area contributed by atoms with E-state index in [2.05, 4.69) is 14.9 Å². The second-order valence-electron chi connectivity index (χ2n) is 8.53. The number of hydrogen-bond donors (Lipinski definition) is 0. The van der Waals surface area contributed by atoms with Crippen molar-refractivity contribution < 1.29 is 4.79 Å². The summed E-state index contributed by atoms with van der Waals surface area (Å²) in [6.45, 7) is 6.61. The molecule has 0 aliphatic carbocycles. The first-order valence-electron chi connectivity index (χ1n) is 11.0. The highest BCUT2D eigenvalue weighted by Gasteiger charge is 2.26. The lowest BCUT2D eigenvalue weighted by molar-refractivity contribution is -0.131. The molecule has 0 radical (unpaired) electrons. The molecule has 4 heterocycles. The fraction of sp³-hybridized carbons (Fsp3) is 0.762. The van der Waals surface area contributed by atoms with Gasteiger partial charge in [0.25, 0.3) is 5.56 Å². The first-order valence-corrected chi connectivity index (χ1v) is 12.1. The quantitative estimate of drug-likeness (QED) is 0.711. The van der Waals surface area contributed by atoms with Crippen molar-refractivity contribution in [2.24, 2.45) is 0 Å². The molecule has 0 N–H and O–H groups in total. The monoisotopic (exact) mass is 419 g/mol. The molecule has 1 amide bonds. The summed E-state index contributed by atoms with van der Waals surface area (Å²) in [7, 11) is 1.97. The Morgan fingerprint density at radius 3 is 2.69 bits per heavy atom. The van der Waals surface area contributed by atoms with Crippen molar-refractivity contribution in [3.05, 3.63) is 27.7 Å². The summed E-state index contributed by atoms with van der Waals surface area (Å²) < 4.78 is 1.66. The normalized spacial score (nSPS) is 24.4. The van der Waals surface area contributed by atoms with Gasteiger partial charge in [0.2, 0.25) is 5.91 Å². The molecule has 0 bridgehead atoms. The van der Waals surface area contributed by atoms with Crippen molar-refractivity contribution >= 4 is 17.7 Å². The molecule has 0 aromatic carbocycles. The van der Waals surface area contributed by atoms with Gasteiger partial charge in [0.15, 0.2) is 0 Å². The lowest BCUT2D eigenvalue weighted by Crippen LogP contribution is -2.52. The number of fused-ring (bicyclic) bond motifs is 1. The Hall–Kier alpha value is -1.38. The molecule has 1 unspecified atom stereocenters. The van der Waals surface area contributed by atoms with E-state index in [9.17, 15) is 9.59 Å². The van der Waals surface area contributed by atoms with E-state index in [0.717, 1.165) is 87.7 Å². The van der Waals surface area contributed by atoms with Crippen molar-refractivity contribution in [1.29, 1.82) is 0 Å². The molecule has 2 saturated heterocycles. The van der Waals surface area contributed by atoms with Crippen LogP contribution in [0.4, 0.5) is 0 Å². The highest BCUT2D eigenvalue weighted by molar-refractivity contribution is 7.98. The zero-order chi connectivity index (χ0) is 20.2. The molecule has 2 fully saturated rings. The molecule has 3 aliphatic rings. The van der Waals surface area contributed by atoms with Gasteiger partial charge in [0, 0.05) is 77.0 Å². The number of piperazine rings is 1. The number of hydrogen-bond acceptors (Lipinski definition) is 6. The Balaban J connectivity index is 1.25. The van der Waals surface area contributed by atoms with Crippen LogP contribution in [0.5, 0.6) is 0 Å². The number of carbonyl (C=O) groups excluding carboxylic acids is 1. The van der Waals surface area contributed by atoms with Crippen LogP contribution in [0, 0.1) is 0 Å². The largest absolute Gasteiger partial charge is 0.341 e. The van der Waals surface area contributed by atoms with Gasteiger partial charge in [-0.2, -0.15) is 16.9 Å². The Labute approximate surface area is 177 Å². The minimum atomic E-state index is 0.0333. The van der Waals surface area contributed by atoms with Crippen molar-refractivity contribution in [2.75, 3.05) is 52.1 Å². The summed E-state index contributed by atoms with van der Waals surface area (Å²) in [5.41, 5.74) is 2.26. The zero-order valence-corrected chi connectivity index (χ0v) is 18.3. The molecule has 4 rings (SSSR count). The lowest BCUT2D eigenvalue weighted by atomic mass is 10.1. The number of nitrogens with zero attached hydrogens (tertiary/aromatic N) is 5. The number of carbonyl (C=O) groups is 1. The van der Waals surface area contributed by atoms with Gasteiger partial charge in [-0.3, -0.25) is 19.4 Å². The van der Waals surface area contributed by atoms with Crippen LogP contribution in [0.3, 0.4) is 0 Å². The van der Waals surface area contributed by atoms with E-state index in [-0.39, 0.29) is 5.56 Å². The van der Waals surface area contributed by atoms with Gasteiger partial charge in [-0.05, 0) is 24.2 Å². The highest BCUT2D eigenvalue weighted by Crippen LogP contribution is 2.21. The number of likely N-dealkylation sites (tertiary alicyclic amines) is 1. The van der Waals surface area contributed by atoms with Crippen molar-refractivity contribution in [1.82, 2.24) is 24.5 Å². The molecule has 29 heavy (non-hydrogen) atoms. The Morgan fingerprint density at radius 2 is 1.86 bits per heavy atom. The number of amides is 1. The number of rotatable bonds is 5. The summed E-state index contributed by atoms with van der Waals surface area (Å²) in [5, 5.41) is 4.63. The second kappa shape index (κ2) is 9.62. The van der Waals surface area contributed by atoms with E-state index >= 15 is 0 Å². The zero-order valence-electron chi connectivity index (χ0n) is 17.5. The van der Waals surface area contributed by atoms with Crippen LogP contribution in [0.2, 0.25) is 0 Å². The van der Waals surface area contributed by atoms with Crippen molar-refractivity contribution in [3.63, 3.8) is 0 Å². The van der Waals surface area contributed by atoms with E-state index in [0.29, 0.717) is 24.9 Å². The van der Waals surface area contributed by atoms with Crippen LogP contribution >= 0.6 is 11.8 Å². The standard InChI is InChI=1S/C21H33N5O2S/c1-23-18(4-2-3-5-20(23)27)15-25-9-7-24(8-10-25)11-12-26-21(28)14-17-16-29-13-6-19(17)22-26/h14,18H,2-13,15-16H2,1H3. The molecule has 1 aromatic rings. The fourth-order valence-corrected chi connectivity index (χ4v) is 5.54. The number of aryl methyl sites for hydroxylation is 1. The molecule has 8 heteroatoms. The fourth-order valence-electron chi connectivity index (χ4n) is 4.59. The minimum Gasteiger partial charge on any atom is -0.341 e. The van der Waals surface area contributed by atoms with Gasteiger partial charge in [0.05, 0.1) is 12.2 Å². The molecule has 3 aliphatic heterocycles. The lowest BCUT2D eigenvalue weighted by Gasteiger charge is -2.38. The first kappa shape index (κ1) is 20.9. The van der Waals surface area contributed by atoms with E-state index in [4.69, 9.17) is 0 Å². The first-order chi connectivity index (χ1) is 14.1. The van der Waals surface area contributed by atoms with E-state index in [1.165, 1.54) is 0 Å². The number of likely N-dealkylation sites (N-methyl/N-ethyl adjacent to an activating group) is 1. The molecule has 7 nitrogen and oxygen atoms in total. The van der Waals surface area contributed by atoms with Gasteiger partial charge >= 0.3 is 0 Å². The highest BCUT2D eigenvalue weighted by atomic mass is 32.2. The third kappa shape index (κ3) is 5.22. The smallest absolute Gasteiger partial charge is 0.267 e. The van der Waals surface area contributed by atoms with Crippen LogP contribution < -0.4 is 5.56 Å². The number of thioether (sulfide) groups is 1. The van der Waals surface area contributed by atoms with Gasteiger partial charge in [-0.1, -0.05) is 6.42 Å². The molecule has 1 aromatic heterocycles. The van der Waals surface area contributed by atoms with E-state index in [1.807, 2.05) is 23.7 Å². The third-order valence-electron chi connectivity index (χ3n) is 6.59. The molecular weight excluding hydrogens is 386 g/mol. The molecule has 160 valence electrons. The Morgan fingerprint density at radius 1 is 1.07 bits per heavy atom. The van der Waals surface area contributed by atoms with Crippen LogP contribution in [0.25, 0.3) is 0 Å². The second-order valence-corrected chi connectivity index (χ2v) is 9.63. The minimum absolute atomic E-state index is 0.0333. The summed E-state index contributed by atoms with van der Waals surface area (Å²) in [6, 6.07) is 2.14. The average Bonchev–Trinajstić information content (AvgIpc) is 2.89. The van der Waals surface area contributed by atoms with Gasteiger partial charge in [0.1, 0.15) is 0 Å². The summed E-state index contributed by atoms with van der Waals surface area (Å²) in [5.74, 6) is 2.32. The molecule has 0 saturated carbocycles. The molecular formula is C21H33N5O2S. The van der Waals surface area contributed by atoms with Gasteiger partial charge < -0.3 is 4.90 Å². The van der Waals surface area contributed by atoms with Gasteiger partial charge in [-0.25, -0.2) is 4.68 Å². The maximum Gasteiger partial charge on any atom is 0.267 e. The van der Waals surface area contributed by atoms with Crippen LogP contribution in [-0.2, 0) is 23.5 Å². The summed E-state index contributed by atoms with van der Waals surface area (Å²) in [4.78, 5) is 31.4. The predicted octanol–water partition coefficient (Wildman–Crippen LogP) is 1.05. The van der Waals surface area contributed by atoms with Crippen LogP contribution in [0.1, 0.15) is 36.9 Å². The number of aromatic nitrogens is 2. The van der Waals surface area contributed by atoms with Crippen molar-refractivity contribution in [2.45, 2.75) is 50.4 Å². The Kier molecular flexibility index (Phi) is 6.92. The average molecular weight is 420 g/mol. The third-order valence-corrected chi connectivity index (χ3v) is 7.59. The maximum absolute atomic E-state index is 12.4. The summed E-state index contributed by atoms with van der Waals surface area (Å²) >= 11 is 1.88. The topological polar surface area (TPSA) is 61.7 Å². The van der Waals surface area contributed by atoms with Crippen LogP contribution in [-0.4, -0.2) is 88.5 Å². The van der Waals surface area contributed by atoms with Crippen molar-refractivity contribution in [3.8, 4) is 0 Å². The van der Waals surface area contributed by atoms with Crippen LogP contribution in [0.15, 0.2) is 10.9 Å². The maximum atomic E-state index is 12.4. The van der Waals surface area contributed by atoms with Gasteiger partial charge in [-0.15, -0.1) is 0 Å². The summed E-state index contributed by atoms with van der Waals surface area (Å²) in [6.07, 6.45) is 4.98. The molecule has 0 spiro atoms.